The molecule has 0 spiro atoms. The first kappa shape index (κ1) is 24.3. The van der Waals surface area contributed by atoms with Crippen molar-refractivity contribution in [1.82, 2.24) is 0 Å². The van der Waals surface area contributed by atoms with Crippen LogP contribution in [0.25, 0.3) is 10.8 Å². The smallest absolute Gasteiger partial charge is 0.744 e. The number of nitrogens with zero attached hydrogens (tertiary/aromatic N) is 2. The summed E-state index contributed by atoms with van der Waals surface area (Å²) in [6, 6.07) is 13.7. The maximum atomic E-state index is 11.3. The molecule has 0 atom stereocenters. The average Bonchev–Trinajstić information content (AvgIpc) is 2.54. The molecule has 3 aromatic rings. The van der Waals surface area contributed by atoms with Gasteiger partial charge in [-0.1, -0.05) is 32.0 Å². The van der Waals surface area contributed by atoms with Crippen LogP contribution < -0.4 is 59.1 Å². The van der Waals surface area contributed by atoms with Gasteiger partial charge in [0.25, 0.3) is 0 Å². The predicted octanol–water partition coefficient (Wildman–Crippen LogP) is -1.71. The topological polar surface area (TPSA) is 102 Å². The molecule has 0 bridgehead atoms. The van der Waals surface area contributed by atoms with Crippen molar-refractivity contribution in [2.45, 2.75) is 18.7 Å². The number of benzene rings is 3. The summed E-state index contributed by atoms with van der Waals surface area (Å²) in [6.07, 6.45) is 0. The molecule has 3 rings (SSSR count). The summed E-state index contributed by atoms with van der Waals surface area (Å²) in [7, 11) is -4.64. The fourth-order valence-corrected chi connectivity index (χ4v) is 3.25. The Hall–Kier alpha value is -0.770. The molecule has 0 aliphatic carbocycles. The normalized spacial score (nSPS) is 11.2. The molecule has 0 unspecified atom stereocenters. The maximum absolute atomic E-state index is 11.3. The van der Waals surface area contributed by atoms with Gasteiger partial charge in [-0.15, -0.1) is 10.7 Å². The molecule has 27 heavy (non-hydrogen) atoms. The zero-order valence-electron chi connectivity index (χ0n) is 15.5. The minimum Gasteiger partial charge on any atom is -0.744 e. The number of hydrogen-bond donors (Lipinski definition) is 1. The van der Waals surface area contributed by atoms with E-state index in [2.05, 4.69) is 16.3 Å². The molecule has 1 N–H and O–H groups in total. The van der Waals surface area contributed by atoms with Crippen LogP contribution >= 0.6 is 0 Å². The molecule has 0 aliphatic rings. The van der Waals surface area contributed by atoms with Gasteiger partial charge in [-0.25, -0.2) is 8.42 Å². The van der Waals surface area contributed by atoms with E-state index < -0.39 is 10.1 Å². The second kappa shape index (κ2) is 9.62. The van der Waals surface area contributed by atoms with Gasteiger partial charge in [0.1, 0.15) is 15.8 Å². The van der Waals surface area contributed by atoms with Crippen molar-refractivity contribution in [2.24, 2.45) is 10.2 Å². The summed E-state index contributed by atoms with van der Waals surface area (Å²) in [5.74, 6) is -0.239. The third kappa shape index (κ3) is 5.40. The second-order valence-corrected chi connectivity index (χ2v) is 7.00. The van der Waals surface area contributed by atoms with E-state index in [9.17, 15) is 18.1 Å². The number of aryl methyl sites for hydroxylation is 2. The number of azo groups is 1. The summed E-state index contributed by atoms with van der Waals surface area (Å²) >= 11 is 0. The molecule has 0 saturated heterocycles. The van der Waals surface area contributed by atoms with Gasteiger partial charge in [-0.2, -0.15) is 28.9 Å². The van der Waals surface area contributed by atoms with Crippen LogP contribution in [0.1, 0.15) is 11.1 Å². The zero-order valence-corrected chi connectivity index (χ0v) is 20.3. The van der Waals surface area contributed by atoms with Gasteiger partial charge in [0.2, 0.25) is 0 Å². The fraction of sp³-hybridized carbons (Fsp3) is 0.111. The van der Waals surface area contributed by atoms with Gasteiger partial charge >= 0.3 is 59.1 Å². The number of rotatable bonds is 3. The molecule has 0 aromatic heterocycles. The van der Waals surface area contributed by atoms with Gasteiger partial charge in [0.15, 0.2) is 5.75 Å². The van der Waals surface area contributed by atoms with Crippen LogP contribution in [-0.2, 0) is 10.1 Å². The van der Waals surface area contributed by atoms with Gasteiger partial charge in [-0.3, -0.25) is 0 Å². The van der Waals surface area contributed by atoms with E-state index in [4.69, 9.17) is 0 Å². The standard InChI is InChI=1S/C18H15N2O4S.2Na/c1-11-6-8-15(12(2)10-11)19-20-16-9-7-13-14(18(16)21)4-3-5-17(13)25(22,23)24;;/h3-7,9-10,21H,1-2H3,(H,22,23,24);;/q-1;2*+1/p-1. The predicted molar refractivity (Wildman–Crippen MR) is 92.5 cm³/mol. The van der Waals surface area contributed by atoms with E-state index in [0.717, 1.165) is 11.1 Å². The summed E-state index contributed by atoms with van der Waals surface area (Å²) in [6.45, 7) is 3.82. The number of aromatic hydroxyl groups is 1. The molecular weight excluding hydrogens is 386 g/mol. The van der Waals surface area contributed by atoms with Crippen molar-refractivity contribution in [3.63, 3.8) is 0 Å². The minimum atomic E-state index is -4.64. The summed E-state index contributed by atoms with van der Waals surface area (Å²) in [4.78, 5) is -0.383. The van der Waals surface area contributed by atoms with Crippen LogP contribution in [0.4, 0.5) is 11.4 Å². The molecule has 0 amide bonds. The molecular formula is C18H14N2Na2O4S. The second-order valence-electron chi connectivity index (χ2n) is 5.65. The van der Waals surface area contributed by atoms with Crippen molar-refractivity contribution in [1.29, 1.82) is 0 Å². The Balaban J connectivity index is 0.00000182. The first-order chi connectivity index (χ1) is 11.8. The number of phenolic OH excluding ortho intramolecular Hbond substituents is 1. The van der Waals surface area contributed by atoms with Gasteiger partial charge in [-0.05, 0) is 17.8 Å². The molecule has 9 heteroatoms. The van der Waals surface area contributed by atoms with Crippen LogP contribution in [0.5, 0.6) is 5.75 Å². The van der Waals surface area contributed by atoms with Gasteiger partial charge < -0.3 is 9.66 Å². The maximum Gasteiger partial charge on any atom is 1.00 e. The average molecular weight is 400 g/mol. The molecule has 6 nitrogen and oxygen atoms in total. The third-order valence-corrected chi connectivity index (χ3v) is 4.65. The summed E-state index contributed by atoms with van der Waals surface area (Å²) < 4.78 is 34.0. The summed E-state index contributed by atoms with van der Waals surface area (Å²) in [5.41, 5.74) is 2.66. The molecule has 0 aliphatic heterocycles. The number of fused-ring (bicyclic) bond motifs is 1. The van der Waals surface area contributed by atoms with Gasteiger partial charge in [0.05, 0.1) is 4.90 Å². The zero-order chi connectivity index (χ0) is 18.2. The Morgan fingerprint density at radius 3 is 2.37 bits per heavy atom. The first-order valence-corrected chi connectivity index (χ1v) is 8.79. The SMILES string of the molecule is Cc1c[c-]c(N=Nc2ccc3c(S(=O)(=O)[O-])cccc3c2O)c(C)c1.[Na+].[Na+]. The largest absolute Gasteiger partial charge is 1.00 e. The first-order valence-electron chi connectivity index (χ1n) is 7.38. The van der Waals surface area contributed by atoms with E-state index in [0.29, 0.717) is 5.69 Å². The Morgan fingerprint density at radius 2 is 1.74 bits per heavy atom. The molecule has 0 heterocycles. The van der Waals surface area contributed by atoms with E-state index >= 15 is 0 Å². The van der Waals surface area contributed by atoms with Crippen molar-refractivity contribution in [3.05, 3.63) is 59.7 Å². The molecule has 0 radical (unpaired) electrons. The van der Waals surface area contributed by atoms with Gasteiger partial charge in [0, 0.05) is 10.8 Å². The summed E-state index contributed by atoms with van der Waals surface area (Å²) in [5, 5.41) is 18.8. The number of phenols is 1. The number of hydrogen-bond acceptors (Lipinski definition) is 6. The van der Waals surface area contributed by atoms with Crippen LogP contribution in [0, 0.1) is 19.9 Å². The minimum absolute atomic E-state index is 0. The third-order valence-electron chi connectivity index (χ3n) is 3.75. The van der Waals surface area contributed by atoms with E-state index in [-0.39, 0.29) is 86.2 Å². The monoisotopic (exact) mass is 400 g/mol. The Kier molecular flexibility index (Phi) is 8.65. The van der Waals surface area contributed by atoms with Crippen LogP contribution in [0.15, 0.2) is 57.6 Å². The van der Waals surface area contributed by atoms with E-state index in [1.165, 1.54) is 30.3 Å². The fourth-order valence-electron chi connectivity index (χ4n) is 2.56. The Bertz CT molecular complexity index is 1120. The van der Waals surface area contributed by atoms with E-state index in [1.807, 2.05) is 19.9 Å². The molecule has 0 fully saturated rings. The molecule has 3 aromatic carbocycles. The quantitative estimate of drug-likeness (QED) is 0.245. The van der Waals surface area contributed by atoms with Crippen molar-refractivity contribution < 1.29 is 77.2 Å². The van der Waals surface area contributed by atoms with Crippen LogP contribution in [0.3, 0.4) is 0 Å². The van der Waals surface area contributed by atoms with E-state index in [1.54, 1.807) is 6.07 Å². The van der Waals surface area contributed by atoms with Crippen molar-refractivity contribution in [2.75, 3.05) is 0 Å². The van der Waals surface area contributed by atoms with Crippen LogP contribution in [0.2, 0.25) is 0 Å². The Labute approximate surface area is 202 Å². The van der Waals surface area contributed by atoms with Crippen molar-refractivity contribution in [3.8, 4) is 5.75 Å². The molecule has 0 saturated carbocycles. The van der Waals surface area contributed by atoms with Crippen LogP contribution in [-0.4, -0.2) is 18.1 Å². The Morgan fingerprint density at radius 1 is 1.04 bits per heavy atom. The van der Waals surface area contributed by atoms with Crippen molar-refractivity contribution >= 4 is 32.3 Å². The molecule has 128 valence electrons.